The topological polar surface area (TPSA) is 72.8 Å². The van der Waals surface area contributed by atoms with E-state index in [0.29, 0.717) is 5.56 Å². The van der Waals surface area contributed by atoms with Crippen molar-refractivity contribution in [2.45, 2.75) is 31.5 Å². The van der Waals surface area contributed by atoms with Crippen molar-refractivity contribution in [3.05, 3.63) is 22.7 Å². The molecule has 1 aromatic carbocycles. The minimum Gasteiger partial charge on any atom is -0.504 e. The van der Waals surface area contributed by atoms with Crippen LogP contribution in [0.4, 0.5) is 0 Å². The van der Waals surface area contributed by atoms with Crippen molar-refractivity contribution in [1.29, 1.82) is 0 Å². The predicted octanol–water partition coefficient (Wildman–Crippen LogP) is 1.73. The smallest absolute Gasteiger partial charge is 0.238 e. The summed E-state index contributed by atoms with van der Waals surface area (Å²) in [5.41, 5.74) is 0.693. The molecule has 0 aromatic heterocycles. The molecule has 2 aliphatic rings. The number of phenolic OH excluding ortho intramolecular Hbond substituents is 2. The molecule has 2 atom stereocenters. The number of hydrogen-bond donors (Lipinski definition) is 3. The van der Waals surface area contributed by atoms with Gasteiger partial charge in [-0.15, -0.1) is 0 Å². The second-order valence-electron chi connectivity index (χ2n) is 5.03. The fourth-order valence-electron chi connectivity index (χ4n) is 2.90. The summed E-state index contributed by atoms with van der Waals surface area (Å²) in [5.74, 6) is -0.574. The molecule has 2 aliphatic heterocycles. The van der Waals surface area contributed by atoms with E-state index in [9.17, 15) is 15.0 Å². The minimum atomic E-state index is -0.329. The standard InChI is InChI=1S/C13H15ClN2O3/c14-8-5-7(6-10(17)11(8)18)12-15-13(19)9-3-1-2-4-16(9)12/h5-6,9,12,17-18H,1-4H2,(H,15,19). The number of benzene rings is 1. The average Bonchev–Trinajstić information content (AvgIpc) is 2.74. The number of carbonyl (C=O) groups excluding carboxylic acids is 1. The van der Waals surface area contributed by atoms with Crippen molar-refractivity contribution in [3.63, 3.8) is 0 Å². The SMILES string of the molecule is O=C1NC(c2cc(O)c(O)c(Cl)c2)N2CCCCC12. The van der Waals surface area contributed by atoms with Crippen molar-refractivity contribution in [2.75, 3.05) is 6.54 Å². The lowest BCUT2D eigenvalue weighted by atomic mass is 10.0. The van der Waals surface area contributed by atoms with Gasteiger partial charge in [0, 0.05) is 6.54 Å². The maximum atomic E-state index is 11.9. The number of rotatable bonds is 1. The van der Waals surface area contributed by atoms with Crippen LogP contribution < -0.4 is 5.32 Å². The lowest BCUT2D eigenvalue weighted by Gasteiger charge is -2.31. The molecule has 3 rings (SSSR count). The zero-order valence-electron chi connectivity index (χ0n) is 10.3. The summed E-state index contributed by atoms with van der Waals surface area (Å²) < 4.78 is 0. The Morgan fingerprint density at radius 3 is 2.84 bits per heavy atom. The first kappa shape index (κ1) is 12.6. The van der Waals surface area contributed by atoms with E-state index in [0.717, 1.165) is 25.8 Å². The number of fused-ring (bicyclic) bond motifs is 1. The summed E-state index contributed by atoms with van der Waals surface area (Å²) >= 11 is 5.87. The van der Waals surface area contributed by atoms with E-state index in [2.05, 4.69) is 10.2 Å². The summed E-state index contributed by atoms with van der Waals surface area (Å²) in [5, 5.41) is 22.1. The number of phenols is 2. The van der Waals surface area contributed by atoms with Gasteiger partial charge in [0.15, 0.2) is 11.5 Å². The number of nitrogens with zero attached hydrogens (tertiary/aromatic N) is 1. The Morgan fingerprint density at radius 1 is 1.32 bits per heavy atom. The van der Waals surface area contributed by atoms with E-state index in [1.165, 1.54) is 6.07 Å². The molecule has 1 aromatic rings. The zero-order valence-corrected chi connectivity index (χ0v) is 11.0. The predicted molar refractivity (Wildman–Crippen MR) is 70.0 cm³/mol. The van der Waals surface area contributed by atoms with Crippen LogP contribution in [0.5, 0.6) is 11.5 Å². The van der Waals surface area contributed by atoms with Crippen LogP contribution in [0.1, 0.15) is 31.0 Å². The second-order valence-corrected chi connectivity index (χ2v) is 5.44. The Bertz CT molecular complexity index is 512. The third-order valence-corrected chi connectivity index (χ3v) is 4.13. The van der Waals surface area contributed by atoms with Gasteiger partial charge in [-0.05, 0) is 30.5 Å². The Hall–Kier alpha value is -1.46. The number of halogens is 1. The molecular weight excluding hydrogens is 268 g/mol. The molecule has 2 heterocycles. The Balaban J connectivity index is 1.96. The highest BCUT2D eigenvalue weighted by Gasteiger charge is 2.41. The van der Waals surface area contributed by atoms with Gasteiger partial charge in [0.05, 0.1) is 11.1 Å². The van der Waals surface area contributed by atoms with Gasteiger partial charge < -0.3 is 15.5 Å². The van der Waals surface area contributed by atoms with E-state index >= 15 is 0 Å². The number of aromatic hydroxyl groups is 2. The molecule has 0 aliphatic carbocycles. The maximum absolute atomic E-state index is 11.9. The average molecular weight is 283 g/mol. The lowest BCUT2D eigenvalue weighted by Crippen LogP contribution is -2.38. The molecule has 6 heteroatoms. The van der Waals surface area contributed by atoms with E-state index < -0.39 is 0 Å². The monoisotopic (exact) mass is 282 g/mol. The van der Waals surface area contributed by atoms with Gasteiger partial charge in [-0.2, -0.15) is 0 Å². The van der Waals surface area contributed by atoms with Crippen molar-refractivity contribution in [1.82, 2.24) is 10.2 Å². The minimum absolute atomic E-state index is 0.0217. The van der Waals surface area contributed by atoms with Crippen LogP contribution in [0.25, 0.3) is 0 Å². The van der Waals surface area contributed by atoms with Gasteiger partial charge in [0.2, 0.25) is 5.91 Å². The van der Waals surface area contributed by atoms with E-state index in [-0.39, 0.29) is 34.6 Å². The molecular formula is C13H15ClN2O3. The van der Waals surface area contributed by atoms with Crippen LogP contribution in [0.15, 0.2) is 12.1 Å². The number of piperidine rings is 1. The fraction of sp³-hybridized carbons (Fsp3) is 0.462. The van der Waals surface area contributed by atoms with Gasteiger partial charge in [-0.3, -0.25) is 9.69 Å². The third kappa shape index (κ3) is 2.03. The van der Waals surface area contributed by atoms with Crippen molar-refractivity contribution in [2.24, 2.45) is 0 Å². The highest BCUT2D eigenvalue weighted by molar-refractivity contribution is 6.32. The zero-order chi connectivity index (χ0) is 13.6. The molecule has 5 nitrogen and oxygen atoms in total. The van der Waals surface area contributed by atoms with Crippen LogP contribution in [0, 0.1) is 0 Å². The highest BCUT2D eigenvalue weighted by Crippen LogP contribution is 2.39. The summed E-state index contributed by atoms with van der Waals surface area (Å²) in [4.78, 5) is 14.0. The van der Waals surface area contributed by atoms with Gasteiger partial charge in [0.1, 0.15) is 6.17 Å². The summed E-state index contributed by atoms with van der Waals surface area (Å²) in [7, 11) is 0. The molecule has 0 radical (unpaired) electrons. The number of nitrogens with one attached hydrogen (secondary N) is 1. The van der Waals surface area contributed by atoms with Crippen LogP contribution in [-0.4, -0.2) is 33.6 Å². The largest absolute Gasteiger partial charge is 0.504 e. The molecule has 2 saturated heterocycles. The van der Waals surface area contributed by atoms with Gasteiger partial charge in [-0.25, -0.2) is 0 Å². The molecule has 1 amide bonds. The van der Waals surface area contributed by atoms with Crippen LogP contribution >= 0.6 is 11.6 Å². The summed E-state index contributed by atoms with van der Waals surface area (Å²) in [6.07, 6.45) is 2.70. The number of hydrogen-bond acceptors (Lipinski definition) is 4. The van der Waals surface area contributed by atoms with Gasteiger partial charge in [0.25, 0.3) is 0 Å². The molecule has 0 bridgehead atoms. The van der Waals surface area contributed by atoms with Gasteiger partial charge in [-0.1, -0.05) is 18.0 Å². The quantitative estimate of drug-likeness (QED) is 0.686. The fourth-order valence-corrected chi connectivity index (χ4v) is 3.12. The lowest BCUT2D eigenvalue weighted by molar-refractivity contribution is -0.122. The Kier molecular flexibility index (Phi) is 3.03. The molecule has 19 heavy (non-hydrogen) atoms. The number of carbonyl (C=O) groups is 1. The second kappa shape index (κ2) is 4.58. The molecule has 2 unspecified atom stereocenters. The van der Waals surface area contributed by atoms with Crippen molar-refractivity contribution >= 4 is 17.5 Å². The first-order valence-electron chi connectivity index (χ1n) is 6.35. The molecule has 0 spiro atoms. The van der Waals surface area contributed by atoms with E-state index in [1.807, 2.05) is 0 Å². The van der Waals surface area contributed by atoms with E-state index in [4.69, 9.17) is 11.6 Å². The van der Waals surface area contributed by atoms with Crippen LogP contribution in [0.3, 0.4) is 0 Å². The van der Waals surface area contributed by atoms with Crippen molar-refractivity contribution in [3.8, 4) is 11.5 Å². The third-order valence-electron chi connectivity index (χ3n) is 3.84. The van der Waals surface area contributed by atoms with Gasteiger partial charge >= 0.3 is 0 Å². The normalized spacial score (nSPS) is 27.1. The molecule has 102 valence electrons. The highest BCUT2D eigenvalue weighted by atomic mass is 35.5. The first-order valence-corrected chi connectivity index (χ1v) is 6.73. The maximum Gasteiger partial charge on any atom is 0.238 e. The summed E-state index contributed by atoms with van der Waals surface area (Å²) in [6.45, 7) is 0.841. The molecule has 3 N–H and O–H groups in total. The van der Waals surface area contributed by atoms with Crippen LogP contribution in [0.2, 0.25) is 5.02 Å². The molecule has 2 fully saturated rings. The summed E-state index contributed by atoms with van der Waals surface area (Å²) in [6, 6.07) is 2.94. The Labute approximate surface area is 115 Å². The van der Waals surface area contributed by atoms with E-state index in [1.54, 1.807) is 6.07 Å². The Morgan fingerprint density at radius 2 is 2.11 bits per heavy atom. The molecule has 0 saturated carbocycles. The first-order chi connectivity index (χ1) is 9.08. The number of amides is 1. The van der Waals surface area contributed by atoms with Crippen molar-refractivity contribution < 1.29 is 15.0 Å². The van der Waals surface area contributed by atoms with Crippen LogP contribution in [-0.2, 0) is 4.79 Å².